The van der Waals surface area contributed by atoms with E-state index in [1.807, 2.05) is 35.2 Å². The van der Waals surface area contributed by atoms with Crippen molar-refractivity contribution in [3.05, 3.63) is 63.9 Å². The fourth-order valence-corrected chi connectivity index (χ4v) is 3.70. The Morgan fingerprint density at radius 1 is 1.10 bits per heavy atom. The summed E-state index contributed by atoms with van der Waals surface area (Å²) in [4.78, 5) is 25.6. The van der Waals surface area contributed by atoms with Crippen LogP contribution in [0.2, 0.25) is 10.2 Å². The summed E-state index contributed by atoms with van der Waals surface area (Å²) in [5, 5.41) is 4.52. The molecule has 1 aliphatic rings. The predicted molar refractivity (Wildman–Crippen MR) is 122 cm³/mol. The van der Waals surface area contributed by atoms with Gasteiger partial charge in [0, 0.05) is 50.5 Å². The maximum Gasteiger partial charge on any atom is 0.227 e. The van der Waals surface area contributed by atoms with Crippen LogP contribution in [-0.2, 0) is 17.6 Å². The predicted octanol–water partition coefficient (Wildman–Crippen LogP) is 3.28. The quantitative estimate of drug-likeness (QED) is 0.419. The summed E-state index contributed by atoms with van der Waals surface area (Å²) in [6, 6.07) is 11.3. The Bertz CT molecular complexity index is 864. The van der Waals surface area contributed by atoms with Crippen LogP contribution < -0.4 is 5.32 Å². The van der Waals surface area contributed by atoms with Gasteiger partial charge in [-0.2, -0.15) is 0 Å². The molecule has 1 amide bonds. The zero-order chi connectivity index (χ0) is 21.3. The van der Waals surface area contributed by atoms with Gasteiger partial charge in [-0.3, -0.25) is 9.79 Å². The van der Waals surface area contributed by atoms with Crippen molar-refractivity contribution in [1.29, 1.82) is 0 Å². The lowest BCUT2D eigenvalue weighted by Crippen LogP contribution is -2.54. The number of aromatic nitrogens is 1. The third kappa shape index (κ3) is 6.61. The zero-order valence-electron chi connectivity index (χ0n) is 17.2. The monoisotopic (exact) mass is 447 g/mol. The number of pyridine rings is 1. The van der Waals surface area contributed by atoms with E-state index in [1.165, 1.54) is 0 Å². The fourth-order valence-electron chi connectivity index (χ4n) is 3.37. The highest BCUT2D eigenvalue weighted by molar-refractivity contribution is 6.30. The van der Waals surface area contributed by atoms with Crippen LogP contribution in [0.4, 0.5) is 0 Å². The molecule has 0 saturated carbocycles. The lowest BCUT2D eigenvalue weighted by molar-refractivity contribution is -0.131. The molecule has 2 aromatic rings. The molecule has 1 aromatic carbocycles. The standard InChI is InChI=1S/C22H27Cl2N5O/c1-2-25-22(26-9-8-17-6-7-20(24)27-16-17)29-12-10-28(11-13-29)21(30)15-18-4-3-5-19(23)14-18/h3-7,14,16H,2,8-13,15H2,1H3,(H,25,26). The van der Waals surface area contributed by atoms with Crippen molar-refractivity contribution in [2.24, 2.45) is 4.99 Å². The molecular formula is C22H27Cl2N5O. The van der Waals surface area contributed by atoms with Gasteiger partial charge < -0.3 is 15.1 Å². The third-order valence-corrected chi connectivity index (χ3v) is 5.42. The number of aliphatic imine (C=N–C) groups is 1. The van der Waals surface area contributed by atoms with E-state index in [0.29, 0.717) is 36.2 Å². The van der Waals surface area contributed by atoms with Crippen LogP contribution in [0.3, 0.4) is 0 Å². The Kier molecular flexibility index (Phi) is 8.34. The smallest absolute Gasteiger partial charge is 0.227 e. The van der Waals surface area contributed by atoms with E-state index in [2.05, 4.69) is 22.1 Å². The van der Waals surface area contributed by atoms with E-state index in [1.54, 1.807) is 12.3 Å². The summed E-state index contributed by atoms with van der Waals surface area (Å²) in [5.74, 6) is 1.02. The van der Waals surface area contributed by atoms with Crippen molar-refractivity contribution in [2.75, 3.05) is 39.3 Å². The number of hydrogen-bond acceptors (Lipinski definition) is 3. The van der Waals surface area contributed by atoms with E-state index < -0.39 is 0 Å². The molecule has 0 spiro atoms. The van der Waals surface area contributed by atoms with Crippen molar-refractivity contribution >= 4 is 35.1 Å². The van der Waals surface area contributed by atoms with Gasteiger partial charge in [-0.25, -0.2) is 4.98 Å². The Morgan fingerprint density at radius 3 is 2.53 bits per heavy atom. The molecule has 0 unspecified atom stereocenters. The molecule has 1 N–H and O–H groups in total. The molecule has 6 nitrogen and oxygen atoms in total. The van der Waals surface area contributed by atoms with Gasteiger partial charge in [0.05, 0.1) is 6.42 Å². The lowest BCUT2D eigenvalue weighted by atomic mass is 10.1. The minimum atomic E-state index is 0.133. The Balaban J connectivity index is 1.51. The second-order valence-electron chi connectivity index (χ2n) is 7.15. The fraction of sp³-hybridized carbons (Fsp3) is 0.409. The highest BCUT2D eigenvalue weighted by Gasteiger charge is 2.23. The molecule has 2 heterocycles. The van der Waals surface area contributed by atoms with E-state index in [9.17, 15) is 4.79 Å². The van der Waals surface area contributed by atoms with Gasteiger partial charge in [-0.1, -0.05) is 41.4 Å². The molecule has 1 fully saturated rings. The summed E-state index contributed by atoms with van der Waals surface area (Å²) in [6.07, 6.45) is 2.97. The average Bonchev–Trinajstić information content (AvgIpc) is 2.75. The highest BCUT2D eigenvalue weighted by atomic mass is 35.5. The van der Waals surface area contributed by atoms with Gasteiger partial charge in [0.1, 0.15) is 5.15 Å². The maximum atomic E-state index is 12.6. The van der Waals surface area contributed by atoms with Crippen LogP contribution in [0.1, 0.15) is 18.1 Å². The summed E-state index contributed by atoms with van der Waals surface area (Å²) < 4.78 is 0. The van der Waals surface area contributed by atoms with Crippen LogP contribution in [0.5, 0.6) is 0 Å². The van der Waals surface area contributed by atoms with Gasteiger partial charge in [0.25, 0.3) is 0 Å². The third-order valence-electron chi connectivity index (χ3n) is 4.96. The highest BCUT2D eigenvalue weighted by Crippen LogP contribution is 2.13. The van der Waals surface area contributed by atoms with Crippen LogP contribution >= 0.6 is 23.2 Å². The summed E-state index contributed by atoms with van der Waals surface area (Å²) in [5.41, 5.74) is 2.05. The number of rotatable bonds is 6. The number of nitrogens with one attached hydrogen (secondary N) is 1. The molecule has 0 atom stereocenters. The van der Waals surface area contributed by atoms with Gasteiger partial charge in [0.15, 0.2) is 5.96 Å². The molecule has 0 radical (unpaired) electrons. The number of guanidine groups is 1. The summed E-state index contributed by atoms with van der Waals surface area (Å²) >= 11 is 11.9. The largest absolute Gasteiger partial charge is 0.357 e. The van der Waals surface area contributed by atoms with Gasteiger partial charge in [-0.15, -0.1) is 0 Å². The number of halogens is 2. The Hall–Kier alpha value is -2.31. The average molecular weight is 448 g/mol. The number of nitrogens with zero attached hydrogens (tertiary/aromatic N) is 4. The molecule has 0 bridgehead atoms. The first kappa shape index (κ1) is 22.4. The topological polar surface area (TPSA) is 60.8 Å². The van der Waals surface area contributed by atoms with Crippen molar-refractivity contribution in [3.63, 3.8) is 0 Å². The first-order valence-corrected chi connectivity index (χ1v) is 11.0. The molecule has 30 heavy (non-hydrogen) atoms. The minimum absolute atomic E-state index is 0.133. The molecule has 8 heteroatoms. The van der Waals surface area contributed by atoms with Crippen LogP contribution in [-0.4, -0.2) is 65.9 Å². The number of amides is 1. The van der Waals surface area contributed by atoms with Crippen molar-refractivity contribution < 1.29 is 4.79 Å². The van der Waals surface area contributed by atoms with E-state index in [0.717, 1.165) is 43.1 Å². The van der Waals surface area contributed by atoms with Crippen LogP contribution in [0.25, 0.3) is 0 Å². The number of carbonyl (C=O) groups excluding carboxylic acids is 1. The first-order valence-electron chi connectivity index (χ1n) is 10.2. The van der Waals surface area contributed by atoms with E-state index in [-0.39, 0.29) is 5.91 Å². The Labute approximate surface area is 187 Å². The Morgan fingerprint density at radius 2 is 1.87 bits per heavy atom. The van der Waals surface area contributed by atoms with Crippen LogP contribution in [0.15, 0.2) is 47.6 Å². The molecule has 1 saturated heterocycles. The summed E-state index contributed by atoms with van der Waals surface area (Å²) in [7, 11) is 0. The molecule has 1 aromatic heterocycles. The molecule has 3 rings (SSSR count). The maximum absolute atomic E-state index is 12.6. The van der Waals surface area contributed by atoms with Gasteiger partial charge >= 0.3 is 0 Å². The van der Waals surface area contributed by atoms with Crippen molar-refractivity contribution in [3.8, 4) is 0 Å². The second kappa shape index (κ2) is 11.2. The SMILES string of the molecule is CCNC(=NCCc1ccc(Cl)nc1)N1CCN(C(=O)Cc2cccc(Cl)c2)CC1. The number of carbonyl (C=O) groups is 1. The normalized spacial score (nSPS) is 14.7. The number of piperazine rings is 1. The van der Waals surface area contributed by atoms with Crippen LogP contribution in [0, 0.1) is 0 Å². The first-order chi connectivity index (χ1) is 14.5. The van der Waals surface area contributed by atoms with E-state index in [4.69, 9.17) is 28.2 Å². The van der Waals surface area contributed by atoms with Crippen molar-refractivity contribution in [2.45, 2.75) is 19.8 Å². The second-order valence-corrected chi connectivity index (χ2v) is 7.97. The molecule has 1 aliphatic heterocycles. The number of hydrogen-bond donors (Lipinski definition) is 1. The molecule has 0 aliphatic carbocycles. The number of benzene rings is 1. The van der Waals surface area contributed by atoms with Crippen molar-refractivity contribution in [1.82, 2.24) is 20.1 Å². The van der Waals surface area contributed by atoms with Gasteiger partial charge in [-0.05, 0) is 42.7 Å². The summed E-state index contributed by atoms with van der Waals surface area (Å²) in [6.45, 7) is 6.42. The molecule has 160 valence electrons. The minimum Gasteiger partial charge on any atom is -0.357 e. The lowest BCUT2D eigenvalue weighted by Gasteiger charge is -2.36. The zero-order valence-corrected chi connectivity index (χ0v) is 18.7. The van der Waals surface area contributed by atoms with E-state index >= 15 is 0 Å². The van der Waals surface area contributed by atoms with Gasteiger partial charge in [0.2, 0.25) is 5.91 Å². The molecular weight excluding hydrogens is 421 g/mol.